The number of nitro groups is 1. The van der Waals surface area contributed by atoms with Crippen molar-refractivity contribution in [3.63, 3.8) is 0 Å². The Morgan fingerprint density at radius 2 is 1.86 bits per heavy atom. The summed E-state index contributed by atoms with van der Waals surface area (Å²) in [7, 11) is 1.58. The summed E-state index contributed by atoms with van der Waals surface area (Å²) in [5.41, 5.74) is 1.18. The van der Waals surface area contributed by atoms with Gasteiger partial charge in [-0.3, -0.25) is 10.1 Å². The highest BCUT2D eigenvalue weighted by Gasteiger charge is 2.16. The highest BCUT2D eigenvalue weighted by atomic mass is 19.1. The first-order valence-electron chi connectivity index (χ1n) is 8.67. The molecule has 0 radical (unpaired) electrons. The van der Waals surface area contributed by atoms with Gasteiger partial charge < -0.3 is 10.1 Å². The molecule has 7 nitrogen and oxygen atoms in total. The number of fused-ring (bicyclic) bond motifs is 1. The SMILES string of the molecule is COc1cccc(-c2nc(Nc3ccc(F)c([N+](=O)[O-])c3)c3ccccc3n2)c1. The second-order valence-electron chi connectivity index (χ2n) is 6.19. The van der Waals surface area contributed by atoms with Crippen LogP contribution in [0.3, 0.4) is 0 Å². The van der Waals surface area contributed by atoms with Crippen LogP contribution in [0.15, 0.2) is 66.7 Å². The van der Waals surface area contributed by atoms with Gasteiger partial charge in [0.2, 0.25) is 5.82 Å². The van der Waals surface area contributed by atoms with E-state index in [4.69, 9.17) is 4.74 Å². The fourth-order valence-corrected chi connectivity index (χ4v) is 2.93. The van der Waals surface area contributed by atoms with Crippen LogP contribution in [-0.2, 0) is 0 Å². The number of aromatic nitrogens is 2. The van der Waals surface area contributed by atoms with E-state index in [-0.39, 0.29) is 0 Å². The number of anilines is 2. The third-order valence-corrected chi connectivity index (χ3v) is 4.34. The molecule has 8 heteroatoms. The van der Waals surface area contributed by atoms with Gasteiger partial charge in [0, 0.05) is 22.7 Å². The van der Waals surface area contributed by atoms with Crippen molar-refractivity contribution in [3.8, 4) is 17.1 Å². The molecule has 29 heavy (non-hydrogen) atoms. The van der Waals surface area contributed by atoms with E-state index in [1.54, 1.807) is 7.11 Å². The largest absolute Gasteiger partial charge is 0.497 e. The van der Waals surface area contributed by atoms with Gasteiger partial charge in [-0.1, -0.05) is 24.3 Å². The molecule has 0 saturated heterocycles. The number of hydrogen-bond acceptors (Lipinski definition) is 6. The number of halogens is 1. The molecule has 1 aromatic heterocycles. The van der Waals surface area contributed by atoms with Crippen molar-refractivity contribution in [2.45, 2.75) is 0 Å². The summed E-state index contributed by atoms with van der Waals surface area (Å²) in [6.45, 7) is 0. The summed E-state index contributed by atoms with van der Waals surface area (Å²) < 4.78 is 18.9. The zero-order chi connectivity index (χ0) is 20.4. The number of nitrogens with zero attached hydrogens (tertiary/aromatic N) is 3. The Labute approximate surface area is 165 Å². The number of hydrogen-bond donors (Lipinski definition) is 1. The lowest BCUT2D eigenvalue weighted by Crippen LogP contribution is -2.01. The van der Waals surface area contributed by atoms with E-state index in [0.717, 1.165) is 23.1 Å². The summed E-state index contributed by atoms with van der Waals surface area (Å²) >= 11 is 0. The van der Waals surface area contributed by atoms with Crippen LogP contribution in [0.5, 0.6) is 5.75 Å². The lowest BCUT2D eigenvalue weighted by Gasteiger charge is -2.11. The molecule has 0 saturated carbocycles. The molecule has 0 unspecified atom stereocenters. The Morgan fingerprint density at radius 1 is 1.03 bits per heavy atom. The zero-order valence-electron chi connectivity index (χ0n) is 15.3. The van der Waals surface area contributed by atoms with E-state index < -0.39 is 16.4 Å². The fraction of sp³-hybridized carbons (Fsp3) is 0.0476. The van der Waals surface area contributed by atoms with Crippen LogP contribution in [0.1, 0.15) is 0 Å². The van der Waals surface area contributed by atoms with Gasteiger partial charge in [0.15, 0.2) is 5.82 Å². The van der Waals surface area contributed by atoms with Crippen LogP contribution in [0.2, 0.25) is 0 Å². The zero-order valence-corrected chi connectivity index (χ0v) is 15.3. The second kappa shape index (κ2) is 7.51. The number of para-hydroxylation sites is 1. The first-order valence-corrected chi connectivity index (χ1v) is 8.67. The maximum absolute atomic E-state index is 13.7. The average molecular weight is 390 g/mol. The summed E-state index contributed by atoms with van der Waals surface area (Å²) in [5, 5.41) is 14.8. The van der Waals surface area contributed by atoms with Gasteiger partial charge in [0.25, 0.3) is 0 Å². The molecule has 1 N–H and O–H groups in total. The van der Waals surface area contributed by atoms with Gasteiger partial charge in [-0.05, 0) is 36.4 Å². The van der Waals surface area contributed by atoms with Crippen LogP contribution in [0, 0.1) is 15.9 Å². The predicted molar refractivity (Wildman–Crippen MR) is 108 cm³/mol. The number of benzene rings is 3. The summed E-state index contributed by atoms with van der Waals surface area (Å²) in [4.78, 5) is 19.5. The monoisotopic (exact) mass is 390 g/mol. The van der Waals surface area contributed by atoms with Crippen molar-refractivity contribution < 1.29 is 14.1 Å². The molecule has 0 atom stereocenters. The standard InChI is InChI=1S/C21H15FN4O3/c1-29-15-6-4-5-13(11-15)20-24-18-8-3-2-7-16(18)21(25-20)23-14-9-10-17(22)19(12-14)26(27)28/h2-12H,1H3,(H,23,24,25). The van der Waals surface area contributed by atoms with E-state index in [2.05, 4.69) is 15.3 Å². The molecule has 4 rings (SSSR count). The van der Waals surface area contributed by atoms with Crippen LogP contribution < -0.4 is 10.1 Å². The van der Waals surface area contributed by atoms with Crippen LogP contribution in [0.25, 0.3) is 22.3 Å². The highest BCUT2D eigenvalue weighted by Crippen LogP contribution is 2.30. The first-order chi connectivity index (χ1) is 14.0. The van der Waals surface area contributed by atoms with E-state index in [9.17, 15) is 14.5 Å². The highest BCUT2D eigenvalue weighted by molar-refractivity contribution is 5.92. The number of ether oxygens (including phenoxy) is 1. The number of methoxy groups -OCH3 is 1. The summed E-state index contributed by atoms with van der Waals surface area (Å²) in [6.07, 6.45) is 0. The maximum atomic E-state index is 13.7. The van der Waals surface area contributed by atoms with Crippen molar-refractivity contribution >= 4 is 28.1 Å². The molecule has 144 valence electrons. The van der Waals surface area contributed by atoms with Gasteiger partial charge >= 0.3 is 5.69 Å². The molecule has 0 amide bonds. The van der Waals surface area contributed by atoms with Gasteiger partial charge in [-0.25, -0.2) is 9.97 Å². The summed E-state index contributed by atoms with van der Waals surface area (Å²) in [6, 6.07) is 18.3. The van der Waals surface area contributed by atoms with E-state index in [1.165, 1.54) is 6.07 Å². The van der Waals surface area contributed by atoms with Gasteiger partial charge in [0.1, 0.15) is 11.6 Å². The quantitative estimate of drug-likeness (QED) is 0.377. The Balaban J connectivity index is 1.83. The van der Waals surface area contributed by atoms with Crippen molar-refractivity contribution in [2.75, 3.05) is 12.4 Å². The minimum Gasteiger partial charge on any atom is -0.497 e. The second-order valence-corrected chi connectivity index (χ2v) is 6.19. The van der Waals surface area contributed by atoms with Crippen molar-refractivity contribution in [1.29, 1.82) is 0 Å². The van der Waals surface area contributed by atoms with Crippen molar-refractivity contribution in [1.82, 2.24) is 9.97 Å². The summed E-state index contributed by atoms with van der Waals surface area (Å²) in [5.74, 6) is 0.684. The number of nitrogens with one attached hydrogen (secondary N) is 1. The third-order valence-electron chi connectivity index (χ3n) is 4.34. The van der Waals surface area contributed by atoms with Crippen LogP contribution >= 0.6 is 0 Å². The molecule has 4 aromatic rings. The predicted octanol–water partition coefficient (Wildman–Crippen LogP) is 5.10. The van der Waals surface area contributed by atoms with Crippen molar-refractivity contribution in [3.05, 3.63) is 82.7 Å². The van der Waals surface area contributed by atoms with Crippen LogP contribution in [0.4, 0.5) is 21.6 Å². The Morgan fingerprint density at radius 3 is 2.66 bits per heavy atom. The molecule has 1 heterocycles. The number of rotatable bonds is 5. The topological polar surface area (TPSA) is 90.2 Å². The minimum absolute atomic E-state index is 0.346. The van der Waals surface area contributed by atoms with Gasteiger partial charge in [-0.2, -0.15) is 4.39 Å². The molecule has 0 spiro atoms. The van der Waals surface area contributed by atoms with E-state index in [0.29, 0.717) is 28.6 Å². The number of nitro benzene ring substituents is 1. The fourth-order valence-electron chi connectivity index (χ4n) is 2.93. The smallest absolute Gasteiger partial charge is 0.306 e. The molecule has 3 aromatic carbocycles. The maximum Gasteiger partial charge on any atom is 0.306 e. The van der Waals surface area contributed by atoms with E-state index in [1.807, 2.05) is 48.5 Å². The molecule has 0 bridgehead atoms. The molecule has 0 aliphatic rings. The lowest BCUT2D eigenvalue weighted by molar-refractivity contribution is -0.387. The minimum atomic E-state index is -0.898. The van der Waals surface area contributed by atoms with Crippen LogP contribution in [-0.4, -0.2) is 22.0 Å². The van der Waals surface area contributed by atoms with Gasteiger partial charge in [-0.15, -0.1) is 0 Å². The Hall–Kier alpha value is -4.07. The Bertz CT molecular complexity index is 1230. The van der Waals surface area contributed by atoms with Gasteiger partial charge in [0.05, 0.1) is 17.5 Å². The molecule has 0 aliphatic heterocycles. The van der Waals surface area contributed by atoms with E-state index >= 15 is 0 Å². The molecule has 0 fully saturated rings. The normalized spacial score (nSPS) is 10.7. The molecule has 0 aliphatic carbocycles. The molecular formula is C21H15FN4O3. The average Bonchev–Trinajstić information content (AvgIpc) is 2.74. The molecular weight excluding hydrogens is 375 g/mol. The Kier molecular flexibility index (Phi) is 4.74. The van der Waals surface area contributed by atoms with Crippen molar-refractivity contribution in [2.24, 2.45) is 0 Å². The lowest BCUT2D eigenvalue weighted by atomic mass is 10.1. The first kappa shape index (κ1) is 18.3. The third kappa shape index (κ3) is 3.68.